The molecule has 0 aliphatic carbocycles. The van der Waals surface area contributed by atoms with Gasteiger partial charge in [0.2, 0.25) is 0 Å². The minimum Gasteiger partial charge on any atom is -0.194 e. The molecule has 0 N–H and O–H groups in total. The molecular weight excluding hydrogens is 274 g/mol. The number of hydrogen-bond acceptors (Lipinski definition) is 2. The van der Waals surface area contributed by atoms with Crippen LogP contribution in [0, 0.1) is 0 Å². The second kappa shape index (κ2) is 5.66. The van der Waals surface area contributed by atoms with Gasteiger partial charge in [0.15, 0.2) is 0 Å². The van der Waals surface area contributed by atoms with Crippen molar-refractivity contribution in [3.05, 3.63) is 28.8 Å². The zero-order valence-electron chi connectivity index (χ0n) is 15.0. The first-order chi connectivity index (χ1) is 9.28. The SMILES string of the molecule is CC(C)(C)c1cc(C(C)(C)C)c(N=C=S)c(C(C)(C)C)c1. The summed E-state index contributed by atoms with van der Waals surface area (Å²) in [4.78, 5) is 4.43. The lowest BCUT2D eigenvalue weighted by Crippen LogP contribution is -2.21. The molecule has 0 aliphatic rings. The number of thiocarbonyl (C=S) groups is 1. The second-order valence-electron chi connectivity index (χ2n) is 8.87. The largest absolute Gasteiger partial charge is 0.194 e. The van der Waals surface area contributed by atoms with E-state index in [1.54, 1.807) is 0 Å². The summed E-state index contributed by atoms with van der Waals surface area (Å²) in [6.45, 7) is 20.1. The summed E-state index contributed by atoms with van der Waals surface area (Å²) in [5.74, 6) is 0. The highest BCUT2D eigenvalue weighted by Crippen LogP contribution is 2.42. The van der Waals surface area contributed by atoms with Crippen LogP contribution in [0.2, 0.25) is 0 Å². The standard InChI is InChI=1S/C19H29NS/c1-17(2,3)13-10-14(18(4,5)6)16(20-12-21)15(11-13)19(7,8)9/h10-11H,1-9H3. The van der Waals surface area contributed by atoms with Crippen molar-refractivity contribution in [1.29, 1.82) is 0 Å². The molecule has 0 bridgehead atoms. The van der Waals surface area contributed by atoms with Crippen LogP contribution in [-0.2, 0) is 16.2 Å². The van der Waals surface area contributed by atoms with E-state index in [0.29, 0.717) is 0 Å². The highest BCUT2D eigenvalue weighted by atomic mass is 32.1. The molecule has 1 aromatic carbocycles. The zero-order valence-corrected chi connectivity index (χ0v) is 15.8. The first-order valence-corrected chi connectivity index (χ1v) is 7.96. The van der Waals surface area contributed by atoms with E-state index >= 15 is 0 Å². The van der Waals surface area contributed by atoms with Gasteiger partial charge < -0.3 is 0 Å². The molecule has 0 aromatic heterocycles. The van der Waals surface area contributed by atoms with Crippen LogP contribution >= 0.6 is 12.2 Å². The van der Waals surface area contributed by atoms with Gasteiger partial charge in [-0.2, -0.15) is 4.99 Å². The molecule has 1 aromatic rings. The van der Waals surface area contributed by atoms with Gasteiger partial charge in [-0.1, -0.05) is 74.4 Å². The van der Waals surface area contributed by atoms with E-state index in [2.05, 4.69) is 84.6 Å². The van der Waals surface area contributed by atoms with Gasteiger partial charge in [-0.3, -0.25) is 0 Å². The quantitative estimate of drug-likeness (QED) is 0.437. The third kappa shape index (κ3) is 4.25. The Morgan fingerprint density at radius 1 is 0.762 bits per heavy atom. The Morgan fingerprint density at radius 3 is 1.38 bits per heavy atom. The minimum atomic E-state index is 0.0201. The zero-order chi connectivity index (χ0) is 16.6. The van der Waals surface area contributed by atoms with Crippen LogP contribution in [-0.4, -0.2) is 5.16 Å². The van der Waals surface area contributed by atoms with Gasteiger partial charge in [-0.05, 0) is 45.2 Å². The number of isothiocyanates is 1. The number of nitrogens with zero attached hydrogens (tertiary/aromatic N) is 1. The number of rotatable bonds is 1. The van der Waals surface area contributed by atoms with Crippen LogP contribution in [0.1, 0.15) is 79.0 Å². The van der Waals surface area contributed by atoms with Crippen LogP contribution in [0.5, 0.6) is 0 Å². The molecule has 0 radical (unpaired) electrons. The van der Waals surface area contributed by atoms with Crippen LogP contribution in [0.4, 0.5) is 5.69 Å². The molecule has 0 atom stereocenters. The lowest BCUT2D eigenvalue weighted by Gasteiger charge is -2.31. The molecule has 0 fully saturated rings. The van der Waals surface area contributed by atoms with Gasteiger partial charge in [-0.15, -0.1) is 0 Å². The summed E-state index contributed by atoms with van der Waals surface area (Å²) in [6.07, 6.45) is 0. The maximum atomic E-state index is 4.89. The summed E-state index contributed by atoms with van der Waals surface area (Å²) in [5, 5.41) is 2.58. The van der Waals surface area contributed by atoms with Crippen LogP contribution in [0.25, 0.3) is 0 Å². The van der Waals surface area contributed by atoms with Crippen LogP contribution in [0.15, 0.2) is 17.1 Å². The number of benzene rings is 1. The molecule has 0 aliphatic heterocycles. The Balaban J connectivity index is 3.88. The van der Waals surface area contributed by atoms with Gasteiger partial charge in [0.25, 0.3) is 0 Å². The topological polar surface area (TPSA) is 12.4 Å². The Labute approximate surface area is 135 Å². The van der Waals surface area contributed by atoms with Crippen molar-refractivity contribution in [1.82, 2.24) is 0 Å². The summed E-state index contributed by atoms with van der Waals surface area (Å²) >= 11 is 4.89. The van der Waals surface area contributed by atoms with E-state index in [1.807, 2.05) is 0 Å². The predicted octanol–water partition coefficient (Wildman–Crippen LogP) is 6.31. The maximum absolute atomic E-state index is 4.89. The van der Waals surface area contributed by atoms with Gasteiger partial charge in [-0.25, -0.2) is 0 Å². The molecule has 2 heteroatoms. The highest BCUT2D eigenvalue weighted by molar-refractivity contribution is 7.78. The van der Waals surface area contributed by atoms with Crippen molar-refractivity contribution >= 4 is 23.1 Å². The highest BCUT2D eigenvalue weighted by Gasteiger charge is 2.28. The Hall–Kier alpha value is -0.980. The summed E-state index contributed by atoms with van der Waals surface area (Å²) in [7, 11) is 0. The van der Waals surface area contributed by atoms with E-state index in [4.69, 9.17) is 12.2 Å². The van der Waals surface area contributed by atoms with E-state index in [9.17, 15) is 0 Å². The smallest absolute Gasteiger partial charge is 0.0814 e. The fraction of sp³-hybridized carbons (Fsp3) is 0.632. The summed E-state index contributed by atoms with van der Waals surface area (Å²) in [6, 6.07) is 4.58. The van der Waals surface area contributed by atoms with Crippen molar-refractivity contribution in [3.8, 4) is 0 Å². The second-order valence-corrected chi connectivity index (χ2v) is 9.06. The first-order valence-electron chi connectivity index (χ1n) is 7.56. The predicted molar refractivity (Wildman–Crippen MR) is 97.2 cm³/mol. The molecule has 0 saturated carbocycles. The van der Waals surface area contributed by atoms with Gasteiger partial charge in [0, 0.05) is 0 Å². The molecule has 1 rings (SSSR count). The number of aliphatic imine (C=N–C) groups is 1. The molecule has 0 spiro atoms. The summed E-state index contributed by atoms with van der Waals surface area (Å²) in [5.41, 5.74) is 4.99. The van der Waals surface area contributed by atoms with Gasteiger partial charge in [0.1, 0.15) is 0 Å². The van der Waals surface area contributed by atoms with E-state index in [0.717, 1.165) is 5.69 Å². The molecule has 116 valence electrons. The van der Waals surface area contributed by atoms with E-state index < -0.39 is 0 Å². The Bertz CT molecular complexity index is 536. The molecule has 0 amide bonds. The molecule has 21 heavy (non-hydrogen) atoms. The third-order valence-corrected chi connectivity index (χ3v) is 3.84. The fourth-order valence-electron chi connectivity index (χ4n) is 2.38. The average molecular weight is 304 g/mol. The van der Waals surface area contributed by atoms with Crippen molar-refractivity contribution in [2.75, 3.05) is 0 Å². The lowest BCUT2D eigenvalue weighted by atomic mass is 9.74. The summed E-state index contributed by atoms with van der Waals surface area (Å²) < 4.78 is 0. The lowest BCUT2D eigenvalue weighted by molar-refractivity contribution is 0.550. The fourth-order valence-corrected chi connectivity index (χ4v) is 2.47. The monoisotopic (exact) mass is 303 g/mol. The first kappa shape index (κ1) is 18.1. The molecule has 0 saturated heterocycles. The molecule has 1 nitrogen and oxygen atoms in total. The molecule has 0 unspecified atom stereocenters. The van der Waals surface area contributed by atoms with Crippen LogP contribution in [0.3, 0.4) is 0 Å². The minimum absolute atomic E-state index is 0.0201. The van der Waals surface area contributed by atoms with Crippen molar-refractivity contribution in [2.45, 2.75) is 78.6 Å². The van der Waals surface area contributed by atoms with E-state index in [-0.39, 0.29) is 16.2 Å². The van der Waals surface area contributed by atoms with Gasteiger partial charge >= 0.3 is 0 Å². The normalized spacial score (nSPS) is 13.0. The Kier molecular flexibility index (Phi) is 4.87. The van der Waals surface area contributed by atoms with E-state index in [1.165, 1.54) is 16.7 Å². The number of hydrogen-bond donors (Lipinski definition) is 0. The van der Waals surface area contributed by atoms with Crippen molar-refractivity contribution < 1.29 is 0 Å². The van der Waals surface area contributed by atoms with Crippen molar-refractivity contribution in [3.63, 3.8) is 0 Å². The van der Waals surface area contributed by atoms with Crippen molar-refractivity contribution in [2.24, 2.45) is 4.99 Å². The maximum Gasteiger partial charge on any atom is 0.0814 e. The van der Waals surface area contributed by atoms with Gasteiger partial charge in [0.05, 0.1) is 10.8 Å². The third-order valence-electron chi connectivity index (χ3n) is 3.75. The average Bonchev–Trinajstić information content (AvgIpc) is 2.24. The Morgan fingerprint density at radius 2 is 1.14 bits per heavy atom. The molecular formula is C19H29NS. The van der Waals surface area contributed by atoms with Crippen LogP contribution < -0.4 is 0 Å². The molecule has 0 heterocycles.